The predicted molar refractivity (Wildman–Crippen MR) is 68.0 cm³/mol. The smallest absolute Gasteiger partial charge is 0.0991 e. The summed E-state index contributed by atoms with van der Waals surface area (Å²) in [6.45, 7) is 5.08. The van der Waals surface area contributed by atoms with Gasteiger partial charge in [0.2, 0.25) is 0 Å². The van der Waals surface area contributed by atoms with E-state index in [2.05, 4.69) is 11.0 Å². The number of aliphatic hydroxyl groups is 1. The number of hydrogen-bond donors (Lipinski definition) is 1. The van der Waals surface area contributed by atoms with E-state index in [0.29, 0.717) is 18.8 Å². The highest BCUT2D eigenvalue weighted by Crippen LogP contribution is 2.16. The number of hydrogen-bond acceptors (Lipinski definition) is 4. The standard InChI is InChI=1S/C14H18N2O2/c1-11-6-12(7-15)2-3-13(11)8-16-4-5-18-10-14(16)9-17/h2-3,6,14,17H,4-5,8-10H2,1H3. The first-order valence-electron chi connectivity index (χ1n) is 6.17. The number of ether oxygens (including phenoxy) is 1. The molecule has 1 aromatic rings. The van der Waals surface area contributed by atoms with E-state index in [1.54, 1.807) is 0 Å². The average Bonchev–Trinajstić information content (AvgIpc) is 2.41. The summed E-state index contributed by atoms with van der Waals surface area (Å²) in [4.78, 5) is 2.23. The van der Waals surface area contributed by atoms with Crippen molar-refractivity contribution < 1.29 is 9.84 Å². The van der Waals surface area contributed by atoms with Crippen molar-refractivity contribution in [2.24, 2.45) is 0 Å². The number of aliphatic hydroxyl groups excluding tert-OH is 1. The number of aryl methyl sites for hydroxylation is 1. The van der Waals surface area contributed by atoms with Crippen molar-refractivity contribution in [1.29, 1.82) is 5.26 Å². The second kappa shape index (κ2) is 5.96. The fraction of sp³-hybridized carbons (Fsp3) is 0.500. The summed E-state index contributed by atoms with van der Waals surface area (Å²) in [6, 6.07) is 7.97. The lowest BCUT2D eigenvalue weighted by Gasteiger charge is -2.34. The van der Waals surface area contributed by atoms with E-state index in [-0.39, 0.29) is 12.6 Å². The van der Waals surface area contributed by atoms with Gasteiger partial charge in [0.1, 0.15) is 0 Å². The molecule has 0 amide bonds. The molecule has 1 aromatic carbocycles. The van der Waals surface area contributed by atoms with Gasteiger partial charge in [-0.25, -0.2) is 0 Å². The first-order chi connectivity index (χ1) is 8.74. The van der Waals surface area contributed by atoms with Crippen LogP contribution in [-0.2, 0) is 11.3 Å². The van der Waals surface area contributed by atoms with Crippen LogP contribution in [0.5, 0.6) is 0 Å². The second-order valence-electron chi connectivity index (χ2n) is 4.63. The molecule has 0 aliphatic carbocycles. The number of benzene rings is 1. The molecule has 4 nitrogen and oxygen atoms in total. The van der Waals surface area contributed by atoms with Crippen LogP contribution in [0.2, 0.25) is 0 Å². The van der Waals surface area contributed by atoms with Crippen LogP contribution in [-0.4, -0.2) is 42.4 Å². The largest absolute Gasteiger partial charge is 0.395 e. The van der Waals surface area contributed by atoms with Gasteiger partial charge >= 0.3 is 0 Å². The van der Waals surface area contributed by atoms with Gasteiger partial charge in [-0.3, -0.25) is 4.90 Å². The number of nitrogens with zero attached hydrogens (tertiary/aromatic N) is 2. The molecule has 1 atom stereocenters. The monoisotopic (exact) mass is 246 g/mol. The SMILES string of the molecule is Cc1cc(C#N)ccc1CN1CCOCC1CO. The van der Waals surface area contributed by atoms with Crippen LogP contribution in [0.4, 0.5) is 0 Å². The van der Waals surface area contributed by atoms with Crippen molar-refractivity contribution in [3.05, 3.63) is 34.9 Å². The third-order valence-corrected chi connectivity index (χ3v) is 3.41. The Kier molecular flexibility index (Phi) is 4.32. The maximum Gasteiger partial charge on any atom is 0.0991 e. The molecule has 0 saturated carbocycles. The highest BCUT2D eigenvalue weighted by Gasteiger charge is 2.22. The maximum absolute atomic E-state index is 9.33. The molecule has 1 unspecified atom stereocenters. The molecule has 18 heavy (non-hydrogen) atoms. The molecule has 2 rings (SSSR count). The van der Waals surface area contributed by atoms with Gasteiger partial charge in [0.25, 0.3) is 0 Å². The zero-order chi connectivity index (χ0) is 13.0. The van der Waals surface area contributed by atoms with Crippen molar-refractivity contribution in [2.45, 2.75) is 19.5 Å². The Morgan fingerprint density at radius 2 is 2.39 bits per heavy atom. The van der Waals surface area contributed by atoms with Crippen molar-refractivity contribution in [1.82, 2.24) is 4.90 Å². The van der Waals surface area contributed by atoms with Gasteiger partial charge in [0, 0.05) is 13.1 Å². The van der Waals surface area contributed by atoms with Crippen molar-refractivity contribution in [3.63, 3.8) is 0 Å². The van der Waals surface area contributed by atoms with Crippen molar-refractivity contribution in [2.75, 3.05) is 26.4 Å². The van der Waals surface area contributed by atoms with Gasteiger partial charge in [-0.2, -0.15) is 5.26 Å². The average molecular weight is 246 g/mol. The van der Waals surface area contributed by atoms with Gasteiger partial charge in [-0.1, -0.05) is 6.07 Å². The quantitative estimate of drug-likeness (QED) is 0.866. The van der Waals surface area contributed by atoms with Crippen LogP contribution >= 0.6 is 0 Å². The Labute approximate surface area is 107 Å². The molecule has 1 fully saturated rings. The van der Waals surface area contributed by atoms with Crippen molar-refractivity contribution >= 4 is 0 Å². The van der Waals surface area contributed by atoms with Gasteiger partial charge in [0.05, 0.1) is 37.5 Å². The zero-order valence-corrected chi connectivity index (χ0v) is 10.6. The molecule has 1 N–H and O–H groups in total. The van der Waals surface area contributed by atoms with E-state index in [0.717, 1.165) is 18.7 Å². The number of morpholine rings is 1. The van der Waals surface area contributed by atoms with Crippen LogP contribution in [0.25, 0.3) is 0 Å². The Morgan fingerprint density at radius 3 is 3.06 bits per heavy atom. The van der Waals surface area contributed by atoms with Crippen LogP contribution in [0.3, 0.4) is 0 Å². The van der Waals surface area contributed by atoms with E-state index in [9.17, 15) is 5.11 Å². The van der Waals surface area contributed by atoms with Crippen LogP contribution in [0.15, 0.2) is 18.2 Å². The molecule has 96 valence electrons. The van der Waals surface area contributed by atoms with Gasteiger partial charge in [-0.15, -0.1) is 0 Å². The van der Waals surface area contributed by atoms with E-state index in [4.69, 9.17) is 10.00 Å². The van der Waals surface area contributed by atoms with Crippen LogP contribution in [0, 0.1) is 18.3 Å². The first kappa shape index (κ1) is 13.0. The van der Waals surface area contributed by atoms with E-state index < -0.39 is 0 Å². The summed E-state index contributed by atoms with van der Waals surface area (Å²) in [6.07, 6.45) is 0. The lowest BCUT2D eigenvalue weighted by atomic mass is 10.0. The summed E-state index contributed by atoms with van der Waals surface area (Å²) in [5.41, 5.74) is 3.02. The van der Waals surface area contributed by atoms with E-state index in [1.165, 1.54) is 5.56 Å². The molecular weight excluding hydrogens is 228 g/mol. The summed E-state index contributed by atoms with van der Waals surface area (Å²) in [5, 5.41) is 18.2. The predicted octanol–water partition coefficient (Wildman–Crippen LogP) is 1.06. The maximum atomic E-state index is 9.33. The minimum atomic E-state index is 0.0776. The fourth-order valence-corrected chi connectivity index (χ4v) is 2.23. The zero-order valence-electron chi connectivity index (χ0n) is 10.6. The molecule has 1 aliphatic rings. The Balaban J connectivity index is 2.10. The summed E-state index contributed by atoms with van der Waals surface area (Å²) in [5.74, 6) is 0. The highest BCUT2D eigenvalue weighted by atomic mass is 16.5. The van der Waals surface area contributed by atoms with Crippen LogP contribution < -0.4 is 0 Å². The summed E-state index contributed by atoms with van der Waals surface area (Å²) in [7, 11) is 0. The molecule has 0 spiro atoms. The minimum absolute atomic E-state index is 0.0776. The Hall–Kier alpha value is -1.41. The Bertz CT molecular complexity index is 454. The first-order valence-corrected chi connectivity index (χ1v) is 6.17. The summed E-state index contributed by atoms with van der Waals surface area (Å²) >= 11 is 0. The number of nitriles is 1. The molecule has 0 aromatic heterocycles. The third kappa shape index (κ3) is 2.88. The van der Waals surface area contributed by atoms with Gasteiger partial charge in [0.15, 0.2) is 0 Å². The highest BCUT2D eigenvalue weighted by molar-refractivity contribution is 5.37. The summed E-state index contributed by atoms with van der Waals surface area (Å²) < 4.78 is 5.36. The molecule has 1 aliphatic heterocycles. The van der Waals surface area contributed by atoms with Gasteiger partial charge in [-0.05, 0) is 30.2 Å². The molecule has 0 radical (unpaired) electrons. The van der Waals surface area contributed by atoms with Crippen LogP contribution in [0.1, 0.15) is 16.7 Å². The number of rotatable bonds is 3. The molecule has 1 heterocycles. The lowest BCUT2D eigenvalue weighted by Crippen LogP contribution is -2.46. The second-order valence-corrected chi connectivity index (χ2v) is 4.63. The minimum Gasteiger partial charge on any atom is -0.395 e. The van der Waals surface area contributed by atoms with Gasteiger partial charge < -0.3 is 9.84 Å². The normalized spacial score (nSPS) is 20.6. The molecule has 1 saturated heterocycles. The fourth-order valence-electron chi connectivity index (χ4n) is 2.23. The van der Waals surface area contributed by atoms with Crippen molar-refractivity contribution in [3.8, 4) is 6.07 Å². The Morgan fingerprint density at radius 1 is 1.56 bits per heavy atom. The topological polar surface area (TPSA) is 56.5 Å². The molecule has 0 bridgehead atoms. The van der Waals surface area contributed by atoms with E-state index in [1.807, 2.05) is 25.1 Å². The third-order valence-electron chi connectivity index (χ3n) is 3.41. The molecular formula is C14H18N2O2. The molecule has 4 heteroatoms. The lowest BCUT2D eigenvalue weighted by molar-refractivity contribution is -0.0313. The van der Waals surface area contributed by atoms with E-state index >= 15 is 0 Å².